The first-order valence-corrected chi connectivity index (χ1v) is 9.23. The molecule has 2 N–H and O–H groups in total. The van der Waals surface area contributed by atoms with Gasteiger partial charge in [-0.05, 0) is 47.0 Å². The quantitative estimate of drug-likeness (QED) is 0.752. The van der Waals surface area contributed by atoms with Gasteiger partial charge in [0.05, 0.1) is 23.9 Å². The number of sulfonamides is 1. The molecule has 0 fully saturated rings. The molecule has 0 atom stereocenters. The normalized spacial score (nSPS) is 12.2. The van der Waals surface area contributed by atoms with E-state index in [1.54, 1.807) is 25.3 Å². The van der Waals surface area contributed by atoms with Crippen molar-refractivity contribution in [1.82, 2.24) is 0 Å². The Balaban J connectivity index is 2.87. The van der Waals surface area contributed by atoms with Gasteiger partial charge in [0.1, 0.15) is 11.5 Å². The van der Waals surface area contributed by atoms with Gasteiger partial charge < -0.3 is 9.47 Å². The highest BCUT2D eigenvalue weighted by atomic mass is 79.9. The molecule has 0 spiro atoms. The van der Waals surface area contributed by atoms with E-state index in [1.807, 2.05) is 13.8 Å². The zero-order valence-corrected chi connectivity index (χ0v) is 15.0. The van der Waals surface area contributed by atoms with Crippen LogP contribution in [0.3, 0.4) is 0 Å². The lowest BCUT2D eigenvalue weighted by Gasteiger charge is -2.30. The molecule has 0 heterocycles. The Morgan fingerprint density at radius 3 is 2.33 bits per heavy atom. The standard InChI is InChI=1S/C14H22BrNO4S/c1-4-14(5-2,10-21(16,17)18)9-20-13-7-6-11(19-3)8-12(13)15/h6-8H,4-5,9-10H2,1-3H3,(H2,16,17,18). The van der Waals surface area contributed by atoms with Gasteiger partial charge in [-0.25, -0.2) is 13.6 Å². The van der Waals surface area contributed by atoms with Crippen molar-refractivity contribution in [2.75, 3.05) is 19.5 Å². The Bertz CT molecular complexity index is 570. The molecule has 5 nitrogen and oxygen atoms in total. The fourth-order valence-electron chi connectivity index (χ4n) is 2.08. The number of hydrogen-bond acceptors (Lipinski definition) is 4. The van der Waals surface area contributed by atoms with E-state index < -0.39 is 15.4 Å². The summed E-state index contributed by atoms with van der Waals surface area (Å²) >= 11 is 3.41. The van der Waals surface area contributed by atoms with E-state index in [0.29, 0.717) is 25.2 Å². The van der Waals surface area contributed by atoms with Gasteiger partial charge in [-0.15, -0.1) is 0 Å². The molecule has 21 heavy (non-hydrogen) atoms. The van der Waals surface area contributed by atoms with Gasteiger partial charge in [-0.1, -0.05) is 13.8 Å². The topological polar surface area (TPSA) is 78.6 Å². The first-order chi connectivity index (χ1) is 9.75. The fourth-order valence-corrected chi connectivity index (χ4v) is 3.90. The third-order valence-electron chi connectivity index (χ3n) is 3.68. The lowest BCUT2D eigenvalue weighted by molar-refractivity contribution is 0.153. The number of hydrogen-bond donors (Lipinski definition) is 1. The number of rotatable bonds is 8. The monoisotopic (exact) mass is 379 g/mol. The lowest BCUT2D eigenvalue weighted by Crippen LogP contribution is -2.37. The van der Waals surface area contributed by atoms with Crippen molar-refractivity contribution >= 4 is 26.0 Å². The van der Waals surface area contributed by atoms with Crippen molar-refractivity contribution in [2.24, 2.45) is 10.6 Å². The van der Waals surface area contributed by atoms with Gasteiger partial charge in [-0.2, -0.15) is 0 Å². The summed E-state index contributed by atoms with van der Waals surface area (Å²) in [5.74, 6) is 1.29. The van der Waals surface area contributed by atoms with Crippen LogP contribution >= 0.6 is 15.9 Å². The minimum atomic E-state index is -3.54. The zero-order valence-electron chi connectivity index (χ0n) is 12.6. The maximum atomic E-state index is 11.4. The van der Waals surface area contributed by atoms with Gasteiger partial charge in [0.15, 0.2) is 0 Å². The van der Waals surface area contributed by atoms with Crippen LogP contribution in [0.2, 0.25) is 0 Å². The summed E-state index contributed by atoms with van der Waals surface area (Å²) in [6.45, 7) is 4.18. The molecule has 0 aromatic heterocycles. The first-order valence-electron chi connectivity index (χ1n) is 6.72. The molecule has 1 aromatic carbocycles. The molecule has 1 rings (SSSR count). The van der Waals surface area contributed by atoms with Gasteiger partial charge in [-0.3, -0.25) is 0 Å². The third-order valence-corrected chi connectivity index (χ3v) is 5.31. The Morgan fingerprint density at radius 2 is 1.90 bits per heavy atom. The maximum Gasteiger partial charge on any atom is 0.209 e. The van der Waals surface area contributed by atoms with Crippen LogP contribution in [-0.2, 0) is 10.0 Å². The van der Waals surface area contributed by atoms with Gasteiger partial charge in [0, 0.05) is 5.41 Å². The molecule has 0 bridgehead atoms. The highest BCUT2D eigenvalue weighted by Crippen LogP contribution is 2.33. The average molecular weight is 380 g/mol. The molecule has 7 heteroatoms. The molecule has 120 valence electrons. The second-order valence-electron chi connectivity index (χ2n) is 5.10. The summed E-state index contributed by atoms with van der Waals surface area (Å²) in [5, 5.41) is 5.20. The maximum absolute atomic E-state index is 11.4. The molecule has 0 saturated carbocycles. The van der Waals surface area contributed by atoms with E-state index in [0.717, 1.165) is 10.2 Å². The van der Waals surface area contributed by atoms with Crippen molar-refractivity contribution in [2.45, 2.75) is 26.7 Å². The van der Waals surface area contributed by atoms with Crippen LogP contribution in [-0.4, -0.2) is 27.9 Å². The fraction of sp³-hybridized carbons (Fsp3) is 0.571. The van der Waals surface area contributed by atoms with E-state index in [9.17, 15) is 8.42 Å². The van der Waals surface area contributed by atoms with E-state index in [-0.39, 0.29) is 5.75 Å². The largest absolute Gasteiger partial charge is 0.497 e. The Kier molecular flexibility index (Phi) is 6.49. The molecular formula is C14H22BrNO4S. The third kappa shape index (κ3) is 5.48. The molecule has 0 unspecified atom stereocenters. The SMILES string of the molecule is CCC(CC)(COc1ccc(OC)cc1Br)CS(N)(=O)=O. The lowest BCUT2D eigenvalue weighted by atomic mass is 9.85. The summed E-state index contributed by atoms with van der Waals surface area (Å²) in [6.07, 6.45) is 1.35. The summed E-state index contributed by atoms with van der Waals surface area (Å²) in [5.41, 5.74) is -0.479. The minimum absolute atomic E-state index is 0.0826. The number of ether oxygens (including phenoxy) is 2. The van der Waals surface area contributed by atoms with Gasteiger partial charge >= 0.3 is 0 Å². The Morgan fingerprint density at radius 1 is 1.29 bits per heavy atom. The molecule has 0 aliphatic rings. The minimum Gasteiger partial charge on any atom is -0.497 e. The molecule has 0 radical (unpaired) electrons. The zero-order chi connectivity index (χ0) is 16.1. The van der Waals surface area contributed by atoms with Crippen LogP contribution in [0.15, 0.2) is 22.7 Å². The summed E-state index contributed by atoms with van der Waals surface area (Å²) < 4.78 is 34.5. The molecule has 0 amide bonds. The highest BCUT2D eigenvalue weighted by Gasteiger charge is 2.32. The van der Waals surface area contributed by atoms with Crippen molar-refractivity contribution in [3.8, 4) is 11.5 Å². The van der Waals surface area contributed by atoms with Crippen molar-refractivity contribution in [3.63, 3.8) is 0 Å². The smallest absolute Gasteiger partial charge is 0.209 e. The average Bonchev–Trinajstić information content (AvgIpc) is 2.43. The van der Waals surface area contributed by atoms with Crippen molar-refractivity contribution < 1.29 is 17.9 Å². The van der Waals surface area contributed by atoms with E-state index >= 15 is 0 Å². The predicted molar refractivity (Wildman–Crippen MR) is 87.2 cm³/mol. The second-order valence-corrected chi connectivity index (χ2v) is 7.57. The Labute approximate surface area is 135 Å². The molecule has 0 aliphatic heterocycles. The van der Waals surface area contributed by atoms with Crippen molar-refractivity contribution in [3.05, 3.63) is 22.7 Å². The number of methoxy groups -OCH3 is 1. The van der Waals surface area contributed by atoms with Crippen LogP contribution in [0.5, 0.6) is 11.5 Å². The van der Waals surface area contributed by atoms with E-state index in [2.05, 4.69) is 15.9 Å². The number of nitrogens with two attached hydrogens (primary N) is 1. The van der Waals surface area contributed by atoms with E-state index in [4.69, 9.17) is 14.6 Å². The van der Waals surface area contributed by atoms with Crippen LogP contribution < -0.4 is 14.6 Å². The Hall–Kier alpha value is -0.790. The predicted octanol–water partition coefficient (Wildman–Crippen LogP) is 2.93. The first kappa shape index (κ1) is 18.3. The van der Waals surface area contributed by atoms with E-state index in [1.165, 1.54) is 0 Å². The highest BCUT2D eigenvalue weighted by molar-refractivity contribution is 9.10. The molecule has 0 aliphatic carbocycles. The summed E-state index contributed by atoms with van der Waals surface area (Å²) in [7, 11) is -1.95. The van der Waals surface area contributed by atoms with Crippen LogP contribution in [0.1, 0.15) is 26.7 Å². The molecule has 0 saturated heterocycles. The number of benzene rings is 1. The summed E-state index contributed by atoms with van der Waals surface area (Å²) in [4.78, 5) is 0. The van der Waals surface area contributed by atoms with Gasteiger partial charge in [0.2, 0.25) is 10.0 Å². The van der Waals surface area contributed by atoms with Gasteiger partial charge in [0.25, 0.3) is 0 Å². The molecular weight excluding hydrogens is 358 g/mol. The second kappa shape index (κ2) is 7.47. The van der Waals surface area contributed by atoms with Crippen molar-refractivity contribution in [1.29, 1.82) is 0 Å². The number of primary sulfonamides is 1. The van der Waals surface area contributed by atoms with Crippen LogP contribution in [0.25, 0.3) is 0 Å². The van der Waals surface area contributed by atoms with Crippen LogP contribution in [0.4, 0.5) is 0 Å². The molecule has 1 aromatic rings. The number of halogens is 1. The van der Waals surface area contributed by atoms with Crippen LogP contribution in [0, 0.1) is 5.41 Å². The summed E-state index contributed by atoms with van der Waals surface area (Å²) in [6, 6.07) is 5.38.